The Morgan fingerprint density at radius 1 is 0.950 bits per heavy atom. The zero-order valence-corrected chi connectivity index (χ0v) is 14.0. The first kappa shape index (κ1) is 22.0. The van der Waals surface area contributed by atoms with Gasteiger partial charge in [-0.05, 0) is 24.0 Å². The summed E-state index contributed by atoms with van der Waals surface area (Å²) in [6.07, 6.45) is -0.270. The zero-order chi connectivity index (χ0) is 13.4. The van der Waals surface area contributed by atoms with Crippen LogP contribution in [-0.2, 0) is 6.54 Å². The van der Waals surface area contributed by atoms with Crippen molar-refractivity contribution in [3.8, 4) is 0 Å². The van der Waals surface area contributed by atoms with Crippen molar-refractivity contribution in [3.63, 3.8) is 0 Å². The van der Waals surface area contributed by atoms with Crippen molar-refractivity contribution in [2.24, 2.45) is 0 Å². The summed E-state index contributed by atoms with van der Waals surface area (Å²) in [5.74, 6) is 0.594. The maximum Gasteiger partial charge on any atom is 0.0636 e. The Bertz CT molecular complexity index is 329. The first-order valence-electron chi connectivity index (χ1n) is 6.78. The van der Waals surface area contributed by atoms with Crippen LogP contribution < -0.4 is 35.4 Å². The highest BCUT2D eigenvalue weighted by Gasteiger charge is 1.98. The highest BCUT2D eigenvalue weighted by atomic mass is 35.5. The van der Waals surface area contributed by atoms with Crippen molar-refractivity contribution in [1.82, 2.24) is 10.6 Å². The molecule has 0 aromatic heterocycles. The lowest BCUT2D eigenvalue weighted by Crippen LogP contribution is -3.00. The molecular weight excluding hydrogens is 295 g/mol. The Hall–Kier alpha value is -0.320. The molecule has 1 unspecified atom stereocenters. The molecule has 1 aromatic carbocycles. The molecule has 1 aromatic rings. The molecule has 3 N–H and O–H groups in total. The van der Waals surface area contributed by atoms with Gasteiger partial charge in [-0.15, -0.1) is 0 Å². The Morgan fingerprint density at radius 3 is 2.00 bits per heavy atom. The Labute approximate surface area is 135 Å². The van der Waals surface area contributed by atoms with E-state index in [0.29, 0.717) is 12.5 Å². The molecule has 118 valence electrons. The van der Waals surface area contributed by atoms with Crippen molar-refractivity contribution < 1.29 is 29.9 Å². The van der Waals surface area contributed by atoms with Gasteiger partial charge in [-0.1, -0.05) is 38.1 Å². The molecule has 0 saturated heterocycles. The average Bonchev–Trinajstić information content (AvgIpc) is 2.34. The van der Waals surface area contributed by atoms with E-state index in [1.165, 1.54) is 11.1 Å². The highest BCUT2D eigenvalue weighted by molar-refractivity contribution is 5.24. The molecule has 0 amide bonds. The van der Waals surface area contributed by atoms with Crippen molar-refractivity contribution in [1.29, 1.82) is 0 Å². The zero-order valence-electron chi connectivity index (χ0n) is 12.5. The minimum absolute atomic E-state index is 0. The van der Waals surface area contributed by atoms with Gasteiger partial charge >= 0.3 is 0 Å². The normalized spacial score (nSPS) is 11.7. The number of nitrogens with one attached hydrogen (secondary N) is 2. The molecule has 1 rings (SSSR count). The van der Waals surface area contributed by atoms with E-state index < -0.39 is 0 Å². The lowest BCUT2D eigenvalue weighted by Gasteiger charge is -2.09. The first-order chi connectivity index (χ1) is 8.59. The lowest BCUT2D eigenvalue weighted by atomic mass is 10.0. The summed E-state index contributed by atoms with van der Waals surface area (Å²) in [4.78, 5) is 0. The lowest BCUT2D eigenvalue weighted by molar-refractivity contribution is -0.001000. The van der Waals surface area contributed by atoms with Gasteiger partial charge in [0.1, 0.15) is 0 Å². The monoisotopic (exact) mass is 320 g/mol. The second-order valence-electron chi connectivity index (χ2n) is 5.13. The summed E-state index contributed by atoms with van der Waals surface area (Å²) in [5.41, 5.74) is 2.70. The van der Waals surface area contributed by atoms with Gasteiger partial charge in [-0.2, -0.15) is 0 Å². The summed E-state index contributed by atoms with van der Waals surface area (Å²) in [6.45, 7) is 9.56. The Kier molecular flexibility index (Phi) is 13.6. The third-order valence-electron chi connectivity index (χ3n) is 2.89. The van der Waals surface area contributed by atoms with Gasteiger partial charge in [0.2, 0.25) is 0 Å². The summed E-state index contributed by atoms with van der Waals surface area (Å²) in [7, 11) is 0. The molecular formula is C15H26Cl2N2O-2. The van der Waals surface area contributed by atoms with Crippen LogP contribution in [0.5, 0.6) is 0 Å². The number of aliphatic hydroxyl groups is 1. The van der Waals surface area contributed by atoms with Crippen LogP contribution in [-0.4, -0.2) is 30.8 Å². The molecule has 0 fully saturated rings. The number of benzene rings is 1. The van der Waals surface area contributed by atoms with E-state index in [1.54, 1.807) is 6.92 Å². The average molecular weight is 321 g/mol. The summed E-state index contributed by atoms with van der Waals surface area (Å²) in [5, 5.41) is 15.6. The van der Waals surface area contributed by atoms with Crippen LogP contribution in [0.1, 0.15) is 37.8 Å². The van der Waals surface area contributed by atoms with Crippen LogP contribution in [0.25, 0.3) is 0 Å². The maximum atomic E-state index is 9.07. The van der Waals surface area contributed by atoms with E-state index in [0.717, 1.165) is 19.6 Å². The van der Waals surface area contributed by atoms with E-state index in [-0.39, 0.29) is 30.9 Å². The Balaban J connectivity index is 0. The van der Waals surface area contributed by atoms with Gasteiger partial charge in [0.05, 0.1) is 6.10 Å². The van der Waals surface area contributed by atoms with Gasteiger partial charge < -0.3 is 40.6 Å². The van der Waals surface area contributed by atoms with Crippen LogP contribution in [0.2, 0.25) is 0 Å². The molecule has 0 aliphatic carbocycles. The van der Waals surface area contributed by atoms with E-state index in [4.69, 9.17) is 5.11 Å². The molecule has 20 heavy (non-hydrogen) atoms. The molecule has 0 heterocycles. The third-order valence-corrected chi connectivity index (χ3v) is 2.89. The van der Waals surface area contributed by atoms with E-state index in [1.807, 2.05) is 0 Å². The topological polar surface area (TPSA) is 44.3 Å². The molecule has 5 heteroatoms. The van der Waals surface area contributed by atoms with Crippen LogP contribution in [0.4, 0.5) is 0 Å². The van der Waals surface area contributed by atoms with Crippen molar-refractivity contribution in [3.05, 3.63) is 35.4 Å². The second kappa shape index (κ2) is 12.4. The predicted molar refractivity (Wildman–Crippen MR) is 76.8 cm³/mol. The molecule has 0 aliphatic heterocycles. The van der Waals surface area contributed by atoms with Crippen LogP contribution in [0.15, 0.2) is 24.3 Å². The predicted octanol–water partition coefficient (Wildman–Crippen LogP) is -4.12. The van der Waals surface area contributed by atoms with E-state index in [9.17, 15) is 0 Å². The van der Waals surface area contributed by atoms with E-state index >= 15 is 0 Å². The molecule has 1 atom stereocenters. The fourth-order valence-electron chi connectivity index (χ4n) is 1.74. The van der Waals surface area contributed by atoms with Crippen molar-refractivity contribution >= 4 is 0 Å². The summed E-state index contributed by atoms with van der Waals surface area (Å²) >= 11 is 0. The van der Waals surface area contributed by atoms with E-state index in [2.05, 4.69) is 48.7 Å². The largest absolute Gasteiger partial charge is 1.00 e. The molecule has 0 aliphatic rings. The second-order valence-corrected chi connectivity index (χ2v) is 5.13. The highest BCUT2D eigenvalue weighted by Crippen LogP contribution is 2.14. The number of hydrogen-bond donors (Lipinski definition) is 3. The third kappa shape index (κ3) is 9.56. The van der Waals surface area contributed by atoms with Gasteiger partial charge in [0.25, 0.3) is 0 Å². The van der Waals surface area contributed by atoms with Crippen molar-refractivity contribution in [2.45, 2.75) is 39.3 Å². The fourth-order valence-corrected chi connectivity index (χ4v) is 1.74. The number of rotatable bonds is 8. The molecule has 3 nitrogen and oxygen atoms in total. The van der Waals surface area contributed by atoms with Gasteiger partial charge in [-0.3, -0.25) is 0 Å². The van der Waals surface area contributed by atoms with Gasteiger partial charge in [0, 0.05) is 26.2 Å². The SMILES string of the molecule is CC(O)CNCCNCc1ccc(C(C)C)cc1.[Cl-].[Cl-]. The van der Waals surface area contributed by atoms with Crippen LogP contribution >= 0.6 is 0 Å². The maximum absolute atomic E-state index is 9.07. The smallest absolute Gasteiger partial charge is 0.0636 e. The molecule has 0 bridgehead atoms. The number of aliphatic hydroxyl groups excluding tert-OH is 1. The van der Waals surface area contributed by atoms with Crippen LogP contribution in [0.3, 0.4) is 0 Å². The number of halogens is 2. The summed E-state index contributed by atoms with van der Waals surface area (Å²) < 4.78 is 0. The number of hydrogen-bond acceptors (Lipinski definition) is 3. The van der Waals surface area contributed by atoms with Gasteiger partial charge in [0.15, 0.2) is 0 Å². The standard InChI is InChI=1S/C15H26N2O.2ClH/c1-12(2)15-6-4-14(5-7-15)11-17-9-8-16-10-13(3)18;;/h4-7,12-13,16-18H,8-11H2,1-3H3;2*1H/p-2. The molecule has 0 saturated carbocycles. The van der Waals surface area contributed by atoms with Crippen molar-refractivity contribution in [2.75, 3.05) is 19.6 Å². The van der Waals surface area contributed by atoms with Crippen LogP contribution in [0, 0.1) is 0 Å². The minimum atomic E-state index is -0.270. The summed E-state index contributed by atoms with van der Waals surface area (Å²) in [6, 6.07) is 8.78. The molecule has 0 spiro atoms. The first-order valence-corrected chi connectivity index (χ1v) is 6.78. The quantitative estimate of drug-likeness (QED) is 0.426. The van der Waals surface area contributed by atoms with Gasteiger partial charge in [-0.25, -0.2) is 0 Å². The fraction of sp³-hybridized carbons (Fsp3) is 0.600. The Morgan fingerprint density at radius 2 is 1.50 bits per heavy atom. The minimum Gasteiger partial charge on any atom is -1.00 e. The molecule has 0 radical (unpaired) electrons.